The van der Waals surface area contributed by atoms with Crippen LogP contribution in [0.5, 0.6) is 0 Å². The second-order valence-electron chi connectivity index (χ2n) is 6.36. The van der Waals surface area contributed by atoms with Crippen LogP contribution in [0.15, 0.2) is 6.20 Å². The van der Waals surface area contributed by atoms with Gasteiger partial charge in [-0.25, -0.2) is 0 Å². The summed E-state index contributed by atoms with van der Waals surface area (Å²) in [5, 5.41) is 4.53. The molecule has 20 heavy (non-hydrogen) atoms. The first-order valence-electron chi connectivity index (χ1n) is 7.38. The van der Waals surface area contributed by atoms with Crippen molar-refractivity contribution in [3.8, 4) is 0 Å². The van der Waals surface area contributed by atoms with E-state index >= 15 is 0 Å². The van der Waals surface area contributed by atoms with E-state index in [2.05, 4.69) is 12.0 Å². The van der Waals surface area contributed by atoms with E-state index in [1.807, 2.05) is 22.8 Å². The zero-order chi connectivity index (χ0) is 14.3. The number of aryl methyl sites for hydroxylation is 1. The molecule has 1 aromatic heterocycles. The lowest BCUT2D eigenvalue weighted by molar-refractivity contribution is -0.141. The van der Waals surface area contributed by atoms with E-state index in [9.17, 15) is 4.79 Å². The molecule has 3 rings (SSSR count). The number of carbonyl (C=O) groups is 1. The van der Waals surface area contributed by atoms with Crippen LogP contribution in [0.1, 0.15) is 36.9 Å². The molecule has 1 atom stereocenters. The van der Waals surface area contributed by atoms with E-state index in [1.54, 1.807) is 7.11 Å². The number of amides is 1. The molecule has 0 spiro atoms. The van der Waals surface area contributed by atoms with Gasteiger partial charge in [0.1, 0.15) is 0 Å². The minimum atomic E-state index is 0.200. The Morgan fingerprint density at radius 1 is 1.50 bits per heavy atom. The van der Waals surface area contributed by atoms with E-state index in [0.717, 1.165) is 25.1 Å². The zero-order valence-electron chi connectivity index (χ0n) is 12.5. The molecule has 0 radical (unpaired) electrons. The monoisotopic (exact) mass is 277 g/mol. The normalized spacial score (nSPS) is 28.9. The summed E-state index contributed by atoms with van der Waals surface area (Å²) in [6.07, 6.45) is 4.12. The van der Waals surface area contributed by atoms with Gasteiger partial charge in [0, 0.05) is 50.8 Å². The lowest BCUT2D eigenvalue weighted by atomic mass is 9.75. The summed E-state index contributed by atoms with van der Waals surface area (Å²) in [5.41, 5.74) is 2.27. The highest BCUT2D eigenvalue weighted by Gasteiger charge is 2.38. The Bertz CT molecular complexity index is 505. The predicted octanol–water partition coefficient (Wildman–Crippen LogP) is 1.54. The highest BCUT2D eigenvalue weighted by molar-refractivity contribution is 5.80. The molecule has 110 valence electrons. The molecule has 0 N–H and O–H groups in total. The van der Waals surface area contributed by atoms with Gasteiger partial charge in [0.25, 0.3) is 0 Å². The summed E-state index contributed by atoms with van der Waals surface area (Å²) in [6, 6.07) is 0. The maximum absolute atomic E-state index is 12.6. The van der Waals surface area contributed by atoms with Crippen LogP contribution in [0.4, 0.5) is 0 Å². The van der Waals surface area contributed by atoms with Crippen molar-refractivity contribution in [1.82, 2.24) is 14.7 Å². The Morgan fingerprint density at radius 3 is 2.90 bits per heavy atom. The van der Waals surface area contributed by atoms with E-state index in [0.29, 0.717) is 25.0 Å². The molecule has 0 aromatic carbocycles. The van der Waals surface area contributed by atoms with Gasteiger partial charge in [-0.15, -0.1) is 0 Å². The van der Waals surface area contributed by atoms with Crippen molar-refractivity contribution in [3.05, 3.63) is 17.5 Å². The summed E-state index contributed by atoms with van der Waals surface area (Å²) in [4.78, 5) is 14.6. The number of ether oxygens (including phenoxy) is 1. The molecule has 1 unspecified atom stereocenters. The van der Waals surface area contributed by atoms with Gasteiger partial charge in [0.05, 0.1) is 12.3 Å². The molecule has 5 heteroatoms. The number of nitrogens with zero attached hydrogens (tertiary/aromatic N) is 3. The van der Waals surface area contributed by atoms with Gasteiger partial charge in [-0.1, -0.05) is 6.92 Å². The first kappa shape index (κ1) is 13.6. The van der Waals surface area contributed by atoms with Gasteiger partial charge >= 0.3 is 0 Å². The number of aromatic nitrogens is 2. The van der Waals surface area contributed by atoms with E-state index in [-0.39, 0.29) is 11.8 Å². The lowest BCUT2D eigenvalue weighted by Crippen LogP contribution is -2.45. The number of rotatable bonds is 3. The SMILES string of the molecule is COCC1CN(C(=O)C2CC(C)C2)Cc2cn(C)nc21. The quantitative estimate of drug-likeness (QED) is 0.842. The first-order chi connectivity index (χ1) is 9.58. The number of hydrogen-bond donors (Lipinski definition) is 0. The fourth-order valence-electron chi connectivity index (χ4n) is 3.51. The van der Waals surface area contributed by atoms with E-state index < -0.39 is 0 Å². The van der Waals surface area contributed by atoms with Crippen molar-refractivity contribution in [3.63, 3.8) is 0 Å². The summed E-state index contributed by atoms with van der Waals surface area (Å²) >= 11 is 0. The van der Waals surface area contributed by atoms with E-state index in [1.165, 1.54) is 5.56 Å². The van der Waals surface area contributed by atoms with Gasteiger partial charge in [0.15, 0.2) is 0 Å². The van der Waals surface area contributed by atoms with Crippen molar-refractivity contribution in [2.45, 2.75) is 32.2 Å². The van der Waals surface area contributed by atoms with Crippen molar-refractivity contribution in [1.29, 1.82) is 0 Å². The maximum Gasteiger partial charge on any atom is 0.226 e. The number of fused-ring (bicyclic) bond motifs is 1. The third kappa shape index (κ3) is 2.35. The van der Waals surface area contributed by atoms with Gasteiger partial charge < -0.3 is 9.64 Å². The van der Waals surface area contributed by atoms with Crippen LogP contribution >= 0.6 is 0 Å². The zero-order valence-corrected chi connectivity index (χ0v) is 12.5. The molecule has 0 saturated heterocycles. The smallest absolute Gasteiger partial charge is 0.226 e. The fourth-order valence-corrected chi connectivity index (χ4v) is 3.51. The average Bonchev–Trinajstić information content (AvgIpc) is 2.75. The topological polar surface area (TPSA) is 47.4 Å². The van der Waals surface area contributed by atoms with Crippen LogP contribution in [0.25, 0.3) is 0 Å². The Kier molecular flexibility index (Phi) is 3.54. The van der Waals surface area contributed by atoms with Crippen LogP contribution in [-0.2, 0) is 23.1 Å². The van der Waals surface area contributed by atoms with Gasteiger partial charge in [0.2, 0.25) is 5.91 Å². The van der Waals surface area contributed by atoms with Crippen LogP contribution in [0.2, 0.25) is 0 Å². The maximum atomic E-state index is 12.6. The molecule has 5 nitrogen and oxygen atoms in total. The molecule has 1 amide bonds. The highest BCUT2D eigenvalue weighted by Crippen LogP contribution is 2.36. The Hall–Kier alpha value is -1.36. The molecule has 1 aromatic rings. The van der Waals surface area contributed by atoms with Crippen molar-refractivity contribution in [2.75, 3.05) is 20.3 Å². The van der Waals surface area contributed by atoms with E-state index in [4.69, 9.17) is 4.74 Å². The summed E-state index contributed by atoms with van der Waals surface area (Å²) < 4.78 is 7.15. The highest BCUT2D eigenvalue weighted by atomic mass is 16.5. The second kappa shape index (κ2) is 5.20. The van der Waals surface area contributed by atoms with Crippen LogP contribution in [-0.4, -0.2) is 40.8 Å². The van der Waals surface area contributed by atoms with Gasteiger partial charge in [-0.2, -0.15) is 5.10 Å². The molecule has 1 aliphatic carbocycles. The van der Waals surface area contributed by atoms with Gasteiger partial charge in [-0.3, -0.25) is 9.48 Å². The predicted molar refractivity (Wildman–Crippen MR) is 75.1 cm³/mol. The number of hydrogen-bond acceptors (Lipinski definition) is 3. The minimum Gasteiger partial charge on any atom is -0.384 e. The Labute approximate surface area is 119 Å². The number of carbonyl (C=O) groups excluding carboxylic acids is 1. The Morgan fingerprint density at radius 2 is 2.25 bits per heavy atom. The van der Waals surface area contributed by atoms with Crippen molar-refractivity contribution < 1.29 is 9.53 Å². The Balaban J connectivity index is 1.77. The fraction of sp³-hybridized carbons (Fsp3) is 0.733. The largest absolute Gasteiger partial charge is 0.384 e. The average molecular weight is 277 g/mol. The lowest BCUT2D eigenvalue weighted by Gasteiger charge is -2.38. The van der Waals surface area contributed by atoms with Crippen molar-refractivity contribution >= 4 is 5.91 Å². The molecular weight excluding hydrogens is 254 g/mol. The second-order valence-corrected chi connectivity index (χ2v) is 6.36. The third-order valence-electron chi connectivity index (χ3n) is 4.53. The summed E-state index contributed by atoms with van der Waals surface area (Å²) in [6.45, 7) is 4.27. The van der Waals surface area contributed by atoms with Gasteiger partial charge in [-0.05, 0) is 18.8 Å². The molecular formula is C15H23N3O2. The molecule has 1 aliphatic heterocycles. The number of methoxy groups -OCH3 is 1. The molecule has 2 heterocycles. The molecule has 1 saturated carbocycles. The summed E-state index contributed by atoms with van der Waals surface area (Å²) in [7, 11) is 3.64. The third-order valence-corrected chi connectivity index (χ3v) is 4.53. The summed E-state index contributed by atoms with van der Waals surface area (Å²) in [5.74, 6) is 1.47. The minimum absolute atomic E-state index is 0.200. The van der Waals surface area contributed by atoms with Crippen LogP contribution in [0.3, 0.4) is 0 Å². The van der Waals surface area contributed by atoms with Crippen LogP contribution < -0.4 is 0 Å². The molecule has 1 fully saturated rings. The standard InChI is InChI=1S/C15H23N3O2/c1-10-4-11(5-10)15(19)18-7-12-6-17(2)16-14(12)13(8-18)9-20-3/h6,10-11,13H,4-5,7-9H2,1-3H3. The molecule has 0 bridgehead atoms. The molecule has 2 aliphatic rings. The van der Waals surface area contributed by atoms with Crippen molar-refractivity contribution in [2.24, 2.45) is 18.9 Å². The van der Waals surface area contributed by atoms with Crippen LogP contribution in [0, 0.1) is 11.8 Å². The first-order valence-corrected chi connectivity index (χ1v) is 7.38.